The minimum absolute atomic E-state index is 0.754. The smallest absolute Gasteiger partial charge is 0.123 e. The molecule has 0 aromatic heterocycles. The van der Waals surface area contributed by atoms with Gasteiger partial charge in [-0.3, -0.25) is 0 Å². The molecule has 1 N–H and O–H groups in total. The van der Waals surface area contributed by atoms with Crippen molar-refractivity contribution in [2.75, 3.05) is 20.2 Å². The van der Waals surface area contributed by atoms with Gasteiger partial charge in [-0.15, -0.1) is 0 Å². The van der Waals surface area contributed by atoms with E-state index >= 15 is 0 Å². The lowest BCUT2D eigenvalue weighted by molar-refractivity contribution is 0.364. The van der Waals surface area contributed by atoms with Gasteiger partial charge < -0.3 is 10.1 Å². The van der Waals surface area contributed by atoms with E-state index in [1.165, 1.54) is 24.9 Å². The van der Waals surface area contributed by atoms with Crippen molar-refractivity contribution in [3.63, 3.8) is 0 Å². The van der Waals surface area contributed by atoms with Gasteiger partial charge in [-0.1, -0.05) is 22.0 Å². The van der Waals surface area contributed by atoms with Crippen LogP contribution in [0, 0.1) is 5.92 Å². The highest BCUT2D eigenvalue weighted by Gasteiger charge is 2.15. The third-order valence-corrected chi connectivity index (χ3v) is 3.65. The Kier molecular flexibility index (Phi) is 4.24. The molecule has 1 fully saturated rings. The molecule has 1 aliphatic heterocycles. The Morgan fingerprint density at radius 3 is 3.06 bits per heavy atom. The van der Waals surface area contributed by atoms with Crippen molar-refractivity contribution in [1.82, 2.24) is 5.32 Å². The van der Waals surface area contributed by atoms with Crippen LogP contribution in [0.3, 0.4) is 0 Å². The molecule has 16 heavy (non-hydrogen) atoms. The van der Waals surface area contributed by atoms with Crippen LogP contribution in [0.1, 0.15) is 18.4 Å². The van der Waals surface area contributed by atoms with Gasteiger partial charge in [0.15, 0.2) is 0 Å². The quantitative estimate of drug-likeness (QED) is 0.921. The standard InChI is InChI=1S/C13H18BrNO/c1-16-13-8-12(14)5-4-11(13)7-10-3-2-6-15-9-10/h4-5,8,10,15H,2-3,6-7,9H2,1H3. The van der Waals surface area contributed by atoms with Crippen molar-refractivity contribution in [3.05, 3.63) is 28.2 Å². The average molecular weight is 284 g/mol. The lowest BCUT2D eigenvalue weighted by Gasteiger charge is -2.23. The maximum Gasteiger partial charge on any atom is 0.123 e. The van der Waals surface area contributed by atoms with Crippen LogP contribution in [0.5, 0.6) is 5.75 Å². The summed E-state index contributed by atoms with van der Waals surface area (Å²) in [7, 11) is 1.74. The van der Waals surface area contributed by atoms with Crippen LogP contribution in [0.2, 0.25) is 0 Å². The molecule has 1 heterocycles. The fourth-order valence-electron chi connectivity index (χ4n) is 2.30. The van der Waals surface area contributed by atoms with Gasteiger partial charge in [-0.2, -0.15) is 0 Å². The third kappa shape index (κ3) is 2.98. The van der Waals surface area contributed by atoms with E-state index in [0.29, 0.717) is 0 Å². The highest BCUT2D eigenvalue weighted by Crippen LogP contribution is 2.27. The van der Waals surface area contributed by atoms with E-state index < -0.39 is 0 Å². The first-order chi connectivity index (χ1) is 7.79. The second-order valence-corrected chi connectivity index (χ2v) is 5.29. The number of benzene rings is 1. The lowest BCUT2D eigenvalue weighted by Crippen LogP contribution is -2.30. The van der Waals surface area contributed by atoms with Gasteiger partial charge in [0, 0.05) is 4.47 Å². The molecule has 1 aromatic rings. The van der Waals surface area contributed by atoms with Gasteiger partial charge in [0.05, 0.1) is 7.11 Å². The Labute approximate surface area is 106 Å². The molecule has 2 rings (SSSR count). The lowest BCUT2D eigenvalue weighted by atomic mass is 9.92. The summed E-state index contributed by atoms with van der Waals surface area (Å²) in [4.78, 5) is 0. The first-order valence-corrected chi connectivity index (χ1v) is 6.62. The van der Waals surface area contributed by atoms with Crippen molar-refractivity contribution in [2.24, 2.45) is 5.92 Å². The van der Waals surface area contributed by atoms with E-state index in [2.05, 4.69) is 33.4 Å². The summed E-state index contributed by atoms with van der Waals surface area (Å²) < 4.78 is 6.50. The summed E-state index contributed by atoms with van der Waals surface area (Å²) in [6, 6.07) is 6.30. The highest BCUT2D eigenvalue weighted by atomic mass is 79.9. The van der Waals surface area contributed by atoms with E-state index in [1.54, 1.807) is 7.11 Å². The summed E-state index contributed by atoms with van der Waals surface area (Å²) in [6.45, 7) is 2.31. The maximum absolute atomic E-state index is 5.42. The van der Waals surface area contributed by atoms with E-state index in [9.17, 15) is 0 Å². The number of rotatable bonds is 3. The van der Waals surface area contributed by atoms with Gasteiger partial charge >= 0.3 is 0 Å². The van der Waals surface area contributed by atoms with E-state index in [-0.39, 0.29) is 0 Å². The number of methoxy groups -OCH3 is 1. The summed E-state index contributed by atoms with van der Waals surface area (Å²) in [5, 5.41) is 3.45. The third-order valence-electron chi connectivity index (χ3n) is 3.16. The zero-order valence-electron chi connectivity index (χ0n) is 9.63. The molecule has 2 nitrogen and oxygen atoms in total. The topological polar surface area (TPSA) is 21.3 Å². The van der Waals surface area contributed by atoms with Gasteiger partial charge in [-0.25, -0.2) is 0 Å². The van der Waals surface area contributed by atoms with E-state index in [4.69, 9.17) is 4.74 Å². The molecule has 1 saturated heterocycles. The SMILES string of the molecule is COc1cc(Br)ccc1CC1CCCNC1. The minimum Gasteiger partial charge on any atom is -0.496 e. The fourth-order valence-corrected chi connectivity index (χ4v) is 2.64. The first-order valence-electron chi connectivity index (χ1n) is 5.82. The molecule has 0 bridgehead atoms. The fraction of sp³-hybridized carbons (Fsp3) is 0.538. The maximum atomic E-state index is 5.42. The van der Waals surface area contributed by atoms with Crippen molar-refractivity contribution >= 4 is 15.9 Å². The Hall–Kier alpha value is -0.540. The number of piperidine rings is 1. The predicted octanol–water partition coefficient (Wildman–Crippen LogP) is 3.00. The minimum atomic E-state index is 0.754. The monoisotopic (exact) mass is 283 g/mol. The predicted molar refractivity (Wildman–Crippen MR) is 70.0 cm³/mol. The Balaban J connectivity index is 2.07. The van der Waals surface area contributed by atoms with Crippen molar-refractivity contribution in [1.29, 1.82) is 0 Å². The summed E-state index contributed by atoms with van der Waals surface area (Å²) in [6.07, 6.45) is 3.74. The average Bonchev–Trinajstić information content (AvgIpc) is 2.33. The Morgan fingerprint density at radius 1 is 1.50 bits per heavy atom. The van der Waals surface area contributed by atoms with E-state index in [1.807, 2.05) is 6.07 Å². The van der Waals surface area contributed by atoms with Gasteiger partial charge in [0.25, 0.3) is 0 Å². The number of nitrogens with one attached hydrogen (secondary N) is 1. The molecule has 0 radical (unpaired) electrons. The van der Waals surface area contributed by atoms with Crippen molar-refractivity contribution in [2.45, 2.75) is 19.3 Å². The molecule has 1 atom stereocenters. The Bertz CT molecular complexity index is 348. The molecule has 0 spiro atoms. The Morgan fingerprint density at radius 2 is 2.38 bits per heavy atom. The van der Waals surface area contributed by atoms with Crippen LogP contribution >= 0.6 is 15.9 Å². The van der Waals surface area contributed by atoms with Crippen LogP contribution < -0.4 is 10.1 Å². The largest absolute Gasteiger partial charge is 0.496 e. The number of hydrogen-bond acceptors (Lipinski definition) is 2. The van der Waals surface area contributed by atoms with Crippen LogP contribution in [-0.4, -0.2) is 20.2 Å². The molecule has 88 valence electrons. The summed E-state index contributed by atoms with van der Waals surface area (Å²) in [5.41, 5.74) is 1.32. The second kappa shape index (κ2) is 5.69. The van der Waals surface area contributed by atoms with E-state index in [0.717, 1.165) is 29.1 Å². The van der Waals surface area contributed by atoms with Gasteiger partial charge in [0.1, 0.15) is 5.75 Å². The van der Waals surface area contributed by atoms with Gasteiger partial charge in [-0.05, 0) is 56.0 Å². The summed E-state index contributed by atoms with van der Waals surface area (Å²) >= 11 is 3.47. The molecule has 0 saturated carbocycles. The first kappa shape index (κ1) is 11.9. The van der Waals surface area contributed by atoms with Crippen molar-refractivity contribution in [3.8, 4) is 5.75 Å². The molecule has 1 aromatic carbocycles. The van der Waals surface area contributed by atoms with Gasteiger partial charge in [0.2, 0.25) is 0 Å². The molecule has 0 amide bonds. The molecular formula is C13H18BrNO. The van der Waals surface area contributed by atoms with Crippen LogP contribution in [-0.2, 0) is 6.42 Å². The molecule has 1 unspecified atom stereocenters. The molecule has 1 aliphatic rings. The molecule has 0 aliphatic carbocycles. The highest BCUT2D eigenvalue weighted by molar-refractivity contribution is 9.10. The zero-order valence-corrected chi connectivity index (χ0v) is 11.2. The second-order valence-electron chi connectivity index (χ2n) is 4.37. The van der Waals surface area contributed by atoms with Crippen LogP contribution in [0.15, 0.2) is 22.7 Å². The summed E-state index contributed by atoms with van der Waals surface area (Å²) in [5.74, 6) is 1.75. The number of halogens is 1. The normalized spacial score (nSPS) is 20.8. The van der Waals surface area contributed by atoms with Crippen molar-refractivity contribution < 1.29 is 4.74 Å². The van der Waals surface area contributed by atoms with Crippen LogP contribution in [0.25, 0.3) is 0 Å². The number of hydrogen-bond donors (Lipinski definition) is 1. The number of ether oxygens (including phenoxy) is 1. The molecular weight excluding hydrogens is 266 g/mol. The van der Waals surface area contributed by atoms with Crippen LogP contribution in [0.4, 0.5) is 0 Å². The zero-order chi connectivity index (χ0) is 11.4. The molecule has 3 heteroatoms.